The van der Waals surface area contributed by atoms with Crippen LogP contribution in [0.3, 0.4) is 0 Å². The van der Waals surface area contributed by atoms with Gasteiger partial charge in [-0.3, -0.25) is 43.5 Å². The van der Waals surface area contributed by atoms with Crippen molar-refractivity contribution < 1.29 is 70.7 Å². The predicted molar refractivity (Wildman–Crippen MR) is 327 cm³/mol. The molecule has 6 N–H and O–H groups in total. The number of hydrogen-bond acceptors (Lipinski definition) is 16. The summed E-state index contributed by atoms with van der Waals surface area (Å²) >= 11 is 0. The Morgan fingerprint density at radius 1 is 0.398 bits per heavy atom. The minimum atomic E-state index is -0.693. The highest BCUT2D eigenvalue weighted by molar-refractivity contribution is 6.11. The zero-order valence-corrected chi connectivity index (χ0v) is 49.8. The van der Waals surface area contributed by atoms with Crippen LogP contribution in [0.2, 0.25) is 0 Å². The second-order valence-corrected chi connectivity index (χ2v) is 19.9. The molecule has 0 unspecified atom stereocenters. The monoisotopic (exact) mass is 1220 g/mol. The standard InChI is InChI=1S/C22H27N3O5.2C21H24FN3O4/c1-28-17-5-3-16(4-6-17)21(26)24-20-15-18(29-2)7-8-19(20)22(27)23-9-10-25-11-13-30-14-12-25;1-28-17-5-2-15(3-6-17)20(26)24-19-14-16(22)4-7-18(19)21(27)23-8-9-25-10-12-29-13-11-25;1-28-16-7-5-15(6-8-16)20(26)24-18-4-2-3-17(22)19(18)21(27)23-9-10-25-11-13-29-14-12-25/h3-8,15H,9-14H2,1-2H3,(H,23,27)(H,24,26);2-7,14H,8-13H2,1H3,(H,23,27)(H,24,26);2-8H,9-14H2,1H3,(H,23,27)(H,24,26). The van der Waals surface area contributed by atoms with Crippen LogP contribution in [0.5, 0.6) is 23.0 Å². The Balaban J connectivity index is 0.000000188. The summed E-state index contributed by atoms with van der Waals surface area (Å²) in [5.41, 5.74) is 2.22. The fourth-order valence-corrected chi connectivity index (χ4v) is 9.18. The van der Waals surface area contributed by atoms with Gasteiger partial charge in [-0.1, -0.05) is 6.07 Å². The number of halogens is 2. The number of ether oxygens (including phenoxy) is 7. The summed E-state index contributed by atoms with van der Waals surface area (Å²) in [6, 6.07) is 32.5. The molecule has 3 heterocycles. The second kappa shape index (κ2) is 34.9. The maximum Gasteiger partial charge on any atom is 0.256 e. The average Bonchev–Trinajstić information content (AvgIpc) is 3.60. The molecule has 0 spiro atoms. The topological polar surface area (TPSA) is 249 Å². The minimum Gasteiger partial charge on any atom is -0.497 e. The van der Waals surface area contributed by atoms with Gasteiger partial charge in [-0.2, -0.15) is 0 Å². The van der Waals surface area contributed by atoms with E-state index in [1.807, 2.05) is 0 Å². The number of carbonyl (C=O) groups is 6. The van der Waals surface area contributed by atoms with E-state index in [2.05, 4.69) is 46.6 Å². The van der Waals surface area contributed by atoms with Gasteiger partial charge >= 0.3 is 0 Å². The van der Waals surface area contributed by atoms with E-state index >= 15 is 0 Å². The van der Waals surface area contributed by atoms with Crippen LogP contribution < -0.4 is 50.8 Å². The van der Waals surface area contributed by atoms with Gasteiger partial charge < -0.3 is 65.1 Å². The highest BCUT2D eigenvalue weighted by Gasteiger charge is 2.22. The quantitative estimate of drug-likeness (QED) is 0.0436. The molecule has 6 amide bonds. The van der Waals surface area contributed by atoms with Crippen molar-refractivity contribution in [2.24, 2.45) is 0 Å². The molecule has 88 heavy (non-hydrogen) atoms. The zero-order valence-electron chi connectivity index (χ0n) is 49.8. The Kier molecular flexibility index (Phi) is 26.4. The number of hydrogen-bond donors (Lipinski definition) is 6. The van der Waals surface area contributed by atoms with Gasteiger partial charge in [-0.25, -0.2) is 8.78 Å². The van der Waals surface area contributed by atoms with Gasteiger partial charge in [0.05, 0.1) is 102 Å². The third-order valence-electron chi connectivity index (χ3n) is 14.2. The van der Waals surface area contributed by atoms with Crippen LogP contribution in [0.25, 0.3) is 0 Å². The van der Waals surface area contributed by atoms with Gasteiger partial charge in [-0.15, -0.1) is 0 Å². The van der Waals surface area contributed by atoms with E-state index in [4.69, 9.17) is 33.2 Å². The number of nitrogens with zero attached hydrogens (tertiary/aromatic N) is 3. The van der Waals surface area contributed by atoms with Crippen LogP contribution in [-0.4, -0.2) is 197 Å². The van der Waals surface area contributed by atoms with Gasteiger partial charge in [0.25, 0.3) is 35.4 Å². The lowest BCUT2D eigenvalue weighted by Gasteiger charge is -2.26. The normalized spacial score (nSPS) is 14.2. The average molecular weight is 1220 g/mol. The molecule has 3 aliphatic rings. The first kappa shape index (κ1) is 66.5. The molecule has 0 aromatic heterocycles. The number of morpholine rings is 3. The number of carbonyl (C=O) groups excluding carboxylic acids is 6. The molecule has 3 saturated heterocycles. The van der Waals surface area contributed by atoms with Crippen LogP contribution in [0.4, 0.5) is 25.8 Å². The Bertz CT molecular complexity index is 3190. The smallest absolute Gasteiger partial charge is 0.256 e. The number of methoxy groups -OCH3 is 4. The summed E-state index contributed by atoms with van der Waals surface area (Å²) < 4.78 is 64.5. The van der Waals surface area contributed by atoms with Gasteiger partial charge in [0.15, 0.2) is 0 Å². The van der Waals surface area contributed by atoms with Gasteiger partial charge in [0.1, 0.15) is 34.6 Å². The number of amides is 6. The molecular weight excluding hydrogens is 1140 g/mol. The largest absolute Gasteiger partial charge is 0.497 e. The van der Waals surface area contributed by atoms with Crippen molar-refractivity contribution in [3.8, 4) is 23.0 Å². The van der Waals surface area contributed by atoms with Crippen LogP contribution in [-0.2, 0) is 14.2 Å². The fraction of sp³-hybridized carbons (Fsp3) is 0.344. The summed E-state index contributed by atoms with van der Waals surface area (Å²) in [5, 5.41) is 16.5. The Labute approximate surface area is 510 Å². The van der Waals surface area contributed by atoms with Gasteiger partial charge in [0, 0.05) is 101 Å². The van der Waals surface area contributed by atoms with E-state index in [9.17, 15) is 37.5 Å². The SMILES string of the molecule is COc1ccc(C(=O)Nc2cc(F)ccc2C(=O)NCCN2CCOCC2)cc1.COc1ccc(C(=O)Nc2cc(OC)ccc2C(=O)NCCN2CCOCC2)cc1.COc1ccc(C(=O)Nc2cccc(F)c2C(=O)NCCN2CCOCC2)cc1. The van der Waals surface area contributed by atoms with Crippen molar-refractivity contribution in [1.29, 1.82) is 0 Å². The van der Waals surface area contributed by atoms with Crippen molar-refractivity contribution in [2.75, 3.05) is 163 Å². The van der Waals surface area contributed by atoms with Crippen molar-refractivity contribution in [3.05, 3.63) is 172 Å². The van der Waals surface area contributed by atoms with Crippen molar-refractivity contribution >= 4 is 52.5 Å². The van der Waals surface area contributed by atoms with Crippen LogP contribution in [0.15, 0.2) is 127 Å². The number of nitrogens with one attached hydrogen (secondary N) is 6. The highest BCUT2D eigenvalue weighted by Crippen LogP contribution is 2.25. The predicted octanol–water partition coefficient (Wildman–Crippen LogP) is 6.32. The molecule has 3 aliphatic heterocycles. The molecule has 6 aromatic carbocycles. The third kappa shape index (κ3) is 20.6. The molecular formula is C64H75F2N9O13. The summed E-state index contributed by atoms with van der Waals surface area (Å²) in [4.78, 5) is 82.1. The van der Waals surface area contributed by atoms with Crippen molar-refractivity contribution in [2.45, 2.75) is 0 Å². The van der Waals surface area contributed by atoms with Crippen molar-refractivity contribution in [1.82, 2.24) is 30.7 Å². The van der Waals surface area contributed by atoms with Gasteiger partial charge in [0.2, 0.25) is 0 Å². The molecule has 0 atom stereocenters. The van der Waals surface area contributed by atoms with Gasteiger partial charge in [-0.05, 0) is 115 Å². The molecule has 0 saturated carbocycles. The highest BCUT2D eigenvalue weighted by atomic mass is 19.1. The Morgan fingerprint density at radius 2 is 0.739 bits per heavy atom. The number of rotatable bonds is 22. The van der Waals surface area contributed by atoms with E-state index in [0.717, 1.165) is 51.9 Å². The van der Waals surface area contributed by atoms with E-state index in [0.29, 0.717) is 123 Å². The molecule has 3 fully saturated rings. The second-order valence-electron chi connectivity index (χ2n) is 19.9. The van der Waals surface area contributed by atoms with Crippen LogP contribution >= 0.6 is 0 Å². The summed E-state index contributed by atoms with van der Waals surface area (Å²) in [6.07, 6.45) is 0. The van der Waals surface area contributed by atoms with E-state index in [1.54, 1.807) is 98.1 Å². The number of benzene rings is 6. The molecule has 24 heteroatoms. The molecule has 0 aliphatic carbocycles. The summed E-state index contributed by atoms with van der Waals surface area (Å²) in [6.45, 7) is 12.6. The van der Waals surface area contributed by atoms with Crippen LogP contribution in [0.1, 0.15) is 62.1 Å². The Hall–Kier alpha value is -9.04. The lowest BCUT2D eigenvalue weighted by molar-refractivity contribution is 0.0382. The lowest BCUT2D eigenvalue weighted by atomic mass is 10.1. The lowest BCUT2D eigenvalue weighted by Crippen LogP contribution is -2.41. The minimum absolute atomic E-state index is 0.120. The first-order valence-corrected chi connectivity index (χ1v) is 28.6. The molecule has 468 valence electrons. The first-order chi connectivity index (χ1) is 42.7. The summed E-state index contributed by atoms with van der Waals surface area (Å²) in [5.74, 6) is -1.20. The zero-order chi connectivity index (χ0) is 62.6. The summed E-state index contributed by atoms with van der Waals surface area (Å²) in [7, 11) is 6.17. The number of anilines is 3. The molecule has 22 nitrogen and oxygen atoms in total. The molecule has 0 bridgehead atoms. The third-order valence-corrected chi connectivity index (χ3v) is 14.2. The maximum absolute atomic E-state index is 14.4. The Morgan fingerprint density at radius 3 is 1.12 bits per heavy atom. The first-order valence-electron chi connectivity index (χ1n) is 28.6. The van der Waals surface area contributed by atoms with Crippen molar-refractivity contribution in [3.63, 3.8) is 0 Å². The molecule has 9 rings (SSSR count). The van der Waals surface area contributed by atoms with Crippen LogP contribution in [0, 0.1) is 11.6 Å². The fourth-order valence-electron chi connectivity index (χ4n) is 9.18. The maximum atomic E-state index is 14.4. The van der Waals surface area contributed by atoms with E-state index < -0.39 is 29.4 Å². The molecule has 0 radical (unpaired) electrons. The molecule has 6 aromatic rings. The van der Waals surface area contributed by atoms with E-state index in [1.165, 1.54) is 51.7 Å². The van der Waals surface area contributed by atoms with E-state index in [-0.39, 0.29) is 40.2 Å².